The van der Waals surface area contributed by atoms with Crippen molar-refractivity contribution in [3.8, 4) is 0 Å². The van der Waals surface area contributed by atoms with Gasteiger partial charge in [-0.25, -0.2) is 9.59 Å². The molecule has 0 spiro atoms. The number of ether oxygens (including phenoxy) is 5. The van der Waals surface area contributed by atoms with Crippen LogP contribution in [0.5, 0.6) is 0 Å². The molecule has 2 aromatic carbocycles. The number of nitrogens with one attached hydrogen (secondary N) is 6. The number of hydrogen-bond acceptors (Lipinski definition) is 18. The molecule has 2 heterocycles. The number of urea groups is 1. The second kappa shape index (κ2) is 42.2. The molecule has 28 heteroatoms. The first-order valence-electron chi connectivity index (χ1n) is 34.0. The Morgan fingerprint density at radius 2 is 1.39 bits per heavy atom. The number of anilines is 1. The highest BCUT2D eigenvalue weighted by Crippen LogP contribution is 2.31. The van der Waals surface area contributed by atoms with Crippen molar-refractivity contribution < 1.29 is 81.5 Å². The fourth-order valence-corrected chi connectivity index (χ4v) is 12.2. The van der Waals surface area contributed by atoms with Gasteiger partial charge in [0.15, 0.2) is 0 Å². The number of benzene rings is 2. The molecule has 2 aliphatic heterocycles. The van der Waals surface area contributed by atoms with Crippen molar-refractivity contribution in [2.24, 2.45) is 41.2 Å². The van der Waals surface area contributed by atoms with Gasteiger partial charge < -0.3 is 76.2 Å². The predicted octanol–water partition coefficient (Wildman–Crippen LogP) is 4.66. The standard InChI is InChI=1S/C40H69N5O7.C30H44N6O10/c1-14-26(6)35(44(11)40(50)33(24(2)3)42-39(49)34(25(4)5)43(9)10)31(51-12)23-32(46)45-22-18-21-30(45)37(52-13)27(7)38(48)41-28(8)36(47)29-19-16-15-17-20-29;1-18(2)25(35-30(43)45-15-14-44-13-12-36-24(38)16-19(3)28(36)41)27(40)34-23(6-5-11-32-29(31)42)26(39)33-22-9-7-21(8-10-22)17-46-20(4)37/h15-17,19-20,24-28,30-31,33-37,47H,14,18,21-23H2,1-13H3,(H,41,48)(H,42,49);7-10,18-19,23,25H,5-6,11-17H2,1-4H3,(H,33,39)(H,34,40)(H,35,43)(H3,31,32,42)/t26-,27+,28+,30-,31+,33-,34?,35-,36+,37+;19?,23-,25-/m00/s1. The average molecular weight is 1380 g/mol. The molecule has 28 nitrogen and oxygen atoms in total. The maximum atomic E-state index is 14.2. The predicted molar refractivity (Wildman–Crippen MR) is 368 cm³/mol. The molecule has 2 fully saturated rings. The number of esters is 1. The SMILES string of the molecule is CC(=O)OCc1ccc(NC(=O)[C@H](CCCNC(N)=O)NC(=O)[C@@H](NC(=O)OCCOCCN2C(=O)CC(C)C2=O)C(C)C)cc1.CC[C@H](C)[C@@H]([C@@H](CC(=O)N1CCC[C@H]1[C@H](OC)[C@@H](C)C(=O)N[C@H](C)[C@@H](O)c1ccccc1)OC)N(C)C(=O)[C@@H](NC(=O)C(C(C)C)N(C)C)C(C)C. The van der Waals surface area contributed by atoms with E-state index in [-0.39, 0.29) is 130 Å². The molecular weight excluding hydrogens is 1270 g/mol. The topological polar surface area (TPSA) is 365 Å². The van der Waals surface area contributed by atoms with Gasteiger partial charge in [0.05, 0.1) is 74.6 Å². The number of imide groups is 1. The van der Waals surface area contributed by atoms with Crippen LogP contribution in [0.4, 0.5) is 15.3 Å². The molecule has 2 saturated heterocycles. The van der Waals surface area contributed by atoms with E-state index in [4.69, 9.17) is 29.4 Å². The van der Waals surface area contributed by atoms with Crippen LogP contribution in [0.25, 0.3) is 0 Å². The zero-order valence-electron chi connectivity index (χ0n) is 60.7. The highest BCUT2D eigenvalue weighted by atomic mass is 16.6. The van der Waals surface area contributed by atoms with Crippen molar-refractivity contribution in [1.82, 2.24) is 46.2 Å². The number of nitrogens with zero attached hydrogens (tertiary/aromatic N) is 4. The van der Waals surface area contributed by atoms with Gasteiger partial charge in [0.25, 0.3) is 0 Å². The Labute approximate surface area is 578 Å². The molecule has 550 valence electrons. The number of carbonyl (C=O) groups excluding carboxylic acids is 11. The Bertz CT molecular complexity index is 2890. The minimum absolute atomic E-state index is 0.00402. The maximum Gasteiger partial charge on any atom is 0.407 e. The summed E-state index contributed by atoms with van der Waals surface area (Å²) in [5, 5.41) is 27.1. The molecule has 4 rings (SSSR count). The molecular formula is C70H113N11O17. The van der Waals surface area contributed by atoms with Crippen LogP contribution in [0.1, 0.15) is 145 Å². The van der Waals surface area contributed by atoms with Gasteiger partial charge in [0.1, 0.15) is 31.3 Å². The van der Waals surface area contributed by atoms with E-state index in [2.05, 4.69) is 31.9 Å². The normalized spacial score (nSPS) is 18.0. The summed E-state index contributed by atoms with van der Waals surface area (Å²) in [5.41, 5.74) is 6.97. The van der Waals surface area contributed by atoms with Gasteiger partial charge in [-0.3, -0.25) is 53.0 Å². The Morgan fingerprint density at radius 1 is 0.745 bits per heavy atom. The van der Waals surface area contributed by atoms with Crippen LogP contribution >= 0.6 is 0 Å². The summed E-state index contributed by atoms with van der Waals surface area (Å²) >= 11 is 0. The number of primary amides is 1. The molecule has 13 atom stereocenters. The summed E-state index contributed by atoms with van der Waals surface area (Å²) in [6, 6.07) is 10.5. The van der Waals surface area contributed by atoms with Crippen molar-refractivity contribution >= 4 is 71.0 Å². The van der Waals surface area contributed by atoms with E-state index in [0.29, 0.717) is 36.2 Å². The third kappa shape index (κ3) is 26.5. The third-order valence-electron chi connectivity index (χ3n) is 17.8. The molecule has 0 bridgehead atoms. The number of carbonyl (C=O) groups is 11. The molecule has 0 aliphatic carbocycles. The number of alkyl carbamates (subject to hydrolysis) is 1. The molecule has 98 heavy (non-hydrogen) atoms. The Hall–Kier alpha value is -7.79. The summed E-state index contributed by atoms with van der Waals surface area (Å²) in [7, 11) is 8.57. The lowest BCUT2D eigenvalue weighted by atomic mass is 9.89. The summed E-state index contributed by atoms with van der Waals surface area (Å²) in [4.78, 5) is 146. The largest absolute Gasteiger partial charge is 0.461 e. The van der Waals surface area contributed by atoms with Crippen LogP contribution in [0, 0.1) is 35.5 Å². The van der Waals surface area contributed by atoms with E-state index >= 15 is 0 Å². The molecule has 9 N–H and O–H groups in total. The molecule has 0 aromatic heterocycles. The van der Waals surface area contributed by atoms with Crippen LogP contribution in [-0.4, -0.2) is 219 Å². The van der Waals surface area contributed by atoms with E-state index in [9.17, 15) is 57.8 Å². The lowest BCUT2D eigenvalue weighted by molar-refractivity contribution is -0.148. The first kappa shape index (κ1) is 84.4. The van der Waals surface area contributed by atoms with Gasteiger partial charge in [-0.15, -0.1) is 0 Å². The van der Waals surface area contributed by atoms with E-state index < -0.39 is 90.4 Å². The van der Waals surface area contributed by atoms with Crippen molar-refractivity contribution in [2.75, 3.05) is 80.1 Å². The van der Waals surface area contributed by atoms with Gasteiger partial charge in [-0.05, 0) is 93.6 Å². The van der Waals surface area contributed by atoms with Crippen LogP contribution in [-0.2, 0) is 73.4 Å². The number of amides is 11. The number of hydrogen-bond donors (Lipinski definition) is 8. The molecule has 2 unspecified atom stereocenters. The van der Waals surface area contributed by atoms with E-state index in [1.54, 1.807) is 90.0 Å². The van der Waals surface area contributed by atoms with Gasteiger partial charge >= 0.3 is 18.1 Å². The number of likely N-dealkylation sites (N-methyl/N-ethyl adjacent to an activating group) is 2. The van der Waals surface area contributed by atoms with Gasteiger partial charge in [-0.2, -0.15) is 0 Å². The summed E-state index contributed by atoms with van der Waals surface area (Å²) in [5.74, 6) is -4.36. The summed E-state index contributed by atoms with van der Waals surface area (Å²) < 4.78 is 27.4. The van der Waals surface area contributed by atoms with Crippen molar-refractivity contribution in [3.63, 3.8) is 0 Å². The number of aliphatic hydroxyl groups excluding tert-OH is 1. The third-order valence-corrected chi connectivity index (χ3v) is 17.8. The van der Waals surface area contributed by atoms with E-state index in [1.807, 2.05) is 90.9 Å². The molecule has 0 saturated carbocycles. The monoisotopic (exact) mass is 1380 g/mol. The lowest BCUT2D eigenvalue weighted by Crippen LogP contribution is -2.59. The zero-order valence-corrected chi connectivity index (χ0v) is 60.7. The zero-order chi connectivity index (χ0) is 73.7. The Kier molecular flexibility index (Phi) is 36.4. The van der Waals surface area contributed by atoms with Gasteiger partial charge in [-0.1, -0.05) is 118 Å². The van der Waals surface area contributed by atoms with Crippen molar-refractivity contribution in [3.05, 3.63) is 65.7 Å². The fourth-order valence-electron chi connectivity index (χ4n) is 12.2. The average Bonchev–Trinajstić information content (AvgIpc) is 1.05. The fraction of sp³-hybridized carbons (Fsp3) is 0.671. The van der Waals surface area contributed by atoms with Crippen molar-refractivity contribution in [1.29, 1.82) is 0 Å². The highest BCUT2D eigenvalue weighted by Gasteiger charge is 2.44. The quantitative estimate of drug-likeness (QED) is 0.0257. The van der Waals surface area contributed by atoms with Gasteiger partial charge in [0, 0.05) is 59.3 Å². The van der Waals surface area contributed by atoms with Crippen LogP contribution in [0.2, 0.25) is 0 Å². The van der Waals surface area contributed by atoms with Crippen LogP contribution in [0.3, 0.4) is 0 Å². The lowest BCUT2D eigenvalue weighted by Gasteiger charge is -2.41. The number of aliphatic hydroxyl groups is 1. The highest BCUT2D eigenvalue weighted by molar-refractivity contribution is 6.03. The molecule has 0 radical (unpaired) electrons. The summed E-state index contributed by atoms with van der Waals surface area (Å²) in [6.45, 7) is 22.7. The number of likely N-dealkylation sites (tertiary alicyclic amines) is 2. The number of rotatable bonds is 38. The maximum absolute atomic E-state index is 14.2. The smallest absolute Gasteiger partial charge is 0.407 e. The van der Waals surface area contributed by atoms with E-state index in [0.717, 1.165) is 17.7 Å². The molecule has 11 amide bonds. The summed E-state index contributed by atoms with van der Waals surface area (Å²) in [6.07, 6.45) is -0.100. The van der Waals surface area contributed by atoms with E-state index in [1.165, 1.54) is 6.92 Å². The van der Waals surface area contributed by atoms with Crippen LogP contribution < -0.4 is 37.6 Å². The first-order chi connectivity index (χ1) is 46.2. The molecule has 2 aromatic rings. The second-order valence-corrected chi connectivity index (χ2v) is 26.7. The minimum Gasteiger partial charge on any atom is -0.461 e. The van der Waals surface area contributed by atoms with Crippen molar-refractivity contribution in [2.45, 2.75) is 195 Å². The van der Waals surface area contributed by atoms with Gasteiger partial charge in [0.2, 0.25) is 47.3 Å². The second-order valence-electron chi connectivity index (χ2n) is 26.7. The van der Waals surface area contributed by atoms with Crippen LogP contribution in [0.15, 0.2) is 54.6 Å². The Morgan fingerprint density at radius 3 is 1.93 bits per heavy atom. The number of nitrogens with two attached hydrogens (primary N) is 1. The number of methoxy groups -OCH3 is 2. The first-order valence-corrected chi connectivity index (χ1v) is 34.0. The Balaban J connectivity index is 0.000000514. The minimum atomic E-state index is -1.05. The molecule has 2 aliphatic rings.